The molecule has 1 heterocycles. The third kappa shape index (κ3) is 4.31. The van der Waals surface area contributed by atoms with Crippen molar-refractivity contribution in [1.82, 2.24) is 10.6 Å². The maximum absolute atomic E-state index is 12.5. The molecular weight excluding hydrogens is 380 g/mol. The first-order valence-corrected chi connectivity index (χ1v) is 11.2. The van der Waals surface area contributed by atoms with Crippen molar-refractivity contribution in [2.75, 3.05) is 6.54 Å². The van der Waals surface area contributed by atoms with E-state index in [0.29, 0.717) is 13.1 Å². The average molecular weight is 409 g/mol. The minimum absolute atomic E-state index is 0.00537. The van der Waals surface area contributed by atoms with E-state index in [0.717, 1.165) is 23.3 Å². The van der Waals surface area contributed by atoms with Gasteiger partial charge in [0.05, 0.1) is 6.10 Å². The van der Waals surface area contributed by atoms with Gasteiger partial charge in [-0.05, 0) is 48.2 Å². The predicted octanol–water partition coefficient (Wildman–Crippen LogP) is 5.27. The molecule has 152 valence electrons. The normalized spacial score (nSPS) is 16.6. The first kappa shape index (κ1) is 19.9. The molecule has 0 unspecified atom stereocenters. The topological polar surface area (TPSA) is 61.4 Å². The summed E-state index contributed by atoms with van der Waals surface area (Å²) in [4.78, 5) is 14.8. The van der Waals surface area contributed by atoms with Crippen molar-refractivity contribution in [2.45, 2.75) is 50.7 Å². The molecule has 29 heavy (non-hydrogen) atoms. The minimum atomic E-state index is -0.441. The summed E-state index contributed by atoms with van der Waals surface area (Å²) in [5.41, 5.74) is 1.11. The highest BCUT2D eigenvalue weighted by Gasteiger charge is 2.37. The molecule has 1 fully saturated rings. The molecule has 1 aliphatic rings. The number of hydrogen-bond acceptors (Lipinski definition) is 3. The molecule has 5 heteroatoms. The van der Waals surface area contributed by atoms with E-state index in [1.54, 1.807) is 18.3 Å². The predicted molar refractivity (Wildman–Crippen MR) is 119 cm³/mol. The Morgan fingerprint density at radius 2 is 1.83 bits per heavy atom. The molecule has 2 aromatic carbocycles. The molecule has 3 aromatic rings. The number of aliphatic hydroxyl groups is 1. The van der Waals surface area contributed by atoms with Crippen molar-refractivity contribution in [3.8, 4) is 0 Å². The average Bonchev–Trinajstić information content (AvgIpc) is 3.41. The molecule has 0 bridgehead atoms. The van der Waals surface area contributed by atoms with Crippen molar-refractivity contribution < 1.29 is 9.90 Å². The Morgan fingerprint density at radius 3 is 2.59 bits per heavy atom. The van der Waals surface area contributed by atoms with Gasteiger partial charge in [-0.3, -0.25) is 0 Å². The summed E-state index contributed by atoms with van der Waals surface area (Å²) in [6.45, 7) is 2.94. The number of amides is 2. The Hall–Kier alpha value is -2.37. The molecule has 1 aliphatic carbocycles. The van der Waals surface area contributed by atoms with Crippen molar-refractivity contribution in [1.29, 1.82) is 0 Å². The summed E-state index contributed by atoms with van der Waals surface area (Å²) < 4.78 is 0. The van der Waals surface area contributed by atoms with Gasteiger partial charge < -0.3 is 15.7 Å². The van der Waals surface area contributed by atoms with Gasteiger partial charge in [0.15, 0.2) is 0 Å². The van der Waals surface area contributed by atoms with Crippen LogP contribution in [0.2, 0.25) is 0 Å². The first-order chi connectivity index (χ1) is 14.1. The van der Waals surface area contributed by atoms with Gasteiger partial charge in [0.25, 0.3) is 0 Å². The van der Waals surface area contributed by atoms with Crippen LogP contribution >= 0.6 is 11.3 Å². The zero-order chi connectivity index (χ0) is 20.3. The zero-order valence-corrected chi connectivity index (χ0v) is 17.6. The summed E-state index contributed by atoms with van der Waals surface area (Å²) in [7, 11) is 0. The molecule has 0 radical (unpaired) electrons. The number of aliphatic hydroxyl groups excluding tert-OH is 1. The van der Waals surface area contributed by atoms with Crippen LogP contribution in [-0.4, -0.2) is 17.7 Å². The van der Waals surface area contributed by atoms with E-state index in [1.807, 2.05) is 24.3 Å². The maximum atomic E-state index is 12.5. The number of rotatable bonds is 6. The number of hydrogen-bond donors (Lipinski definition) is 3. The van der Waals surface area contributed by atoms with E-state index >= 15 is 0 Å². The number of benzene rings is 2. The highest BCUT2D eigenvalue weighted by Crippen LogP contribution is 2.44. The molecule has 0 saturated heterocycles. The highest BCUT2D eigenvalue weighted by atomic mass is 32.1. The lowest BCUT2D eigenvalue weighted by Crippen LogP contribution is -2.43. The molecule has 4 nitrogen and oxygen atoms in total. The molecule has 1 aromatic heterocycles. The van der Waals surface area contributed by atoms with E-state index in [2.05, 4.69) is 41.0 Å². The van der Waals surface area contributed by atoms with E-state index in [1.165, 1.54) is 28.5 Å². The molecular formula is C24H28N2O2S. The monoisotopic (exact) mass is 408 g/mol. The van der Waals surface area contributed by atoms with Crippen LogP contribution in [0.1, 0.15) is 54.0 Å². The summed E-state index contributed by atoms with van der Waals surface area (Å²) in [5.74, 6) is 0. The Kier molecular flexibility index (Phi) is 5.88. The Balaban J connectivity index is 1.39. The standard InChI is InChI=1S/C24H28N2O2S/c1-17(27)21-11-12-22(29-21)24(13-4-5-14-24)16-26-23(28)25-15-19-9-6-8-18-7-2-3-10-20(18)19/h2-3,6-12,17,27H,4-5,13-16H2,1H3,(H2,25,26,28)/t17-/m0/s1. The number of urea groups is 1. The summed E-state index contributed by atoms with van der Waals surface area (Å²) >= 11 is 1.68. The van der Waals surface area contributed by atoms with Crippen LogP contribution in [0.5, 0.6) is 0 Å². The Bertz CT molecular complexity index is 984. The number of nitrogens with one attached hydrogen (secondary N) is 2. The molecule has 0 aliphatic heterocycles. The Morgan fingerprint density at radius 1 is 1.07 bits per heavy atom. The molecule has 1 saturated carbocycles. The van der Waals surface area contributed by atoms with E-state index < -0.39 is 6.10 Å². The van der Waals surface area contributed by atoms with Gasteiger partial charge in [-0.25, -0.2) is 4.79 Å². The van der Waals surface area contributed by atoms with E-state index in [9.17, 15) is 9.90 Å². The second kappa shape index (κ2) is 8.56. The first-order valence-electron chi connectivity index (χ1n) is 10.3. The largest absolute Gasteiger partial charge is 0.388 e. The minimum Gasteiger partial charge on any atom is -0.388 e. The van der Waals surface area contributed by atoms with Gasteiger partial charge in [0.2, 0.25) is 0 Å². The molecule has 2 amide bonds. The third-order valence-corrected chi connectivity index (χ3v) is 7.53. The molecule has 3 N–H and O–H groups in total. The summed E-state index contributed by atoms with van der Waals surface area (Å²) in [5, 5.41) is 18.4. The fourth-order valence-electron chi connectivity index (χ4n) is 4.36. The van der Waals surface area contributed by atoms with Crippen LogP contribution in [0.25, 0.3) is 10.8 Å². The lowest BCUT2D eigenvalue weighted by atomic mass is 9.84. The van der Waals surface area contributed by atoms with Gasteiger partial charge in [-0.1, -0.05) is 55.3 Å². The van der Waals surface area contributed by atoms with Crippen LogP contribution in [0.4, 0.5) is 4.79 Å². The second-order valence-electron chi connectivity index (χ2n) is 8.04. The van der Waals surface area contributed by atoms with Crippen molar-refractivity contribution in [3.63, 3.8) is 0 Å². The zero-order valence-electron chi connectivity index (χ0n) is 16.8. The summed E-state index contributed by atoms with van der Waals surface area (Å²) in [6, 6.07) is 18.4. The van der Waals surface area contributed by atoms with Gasteiger partial charge in [0.1, 0.15) is 0 Å². The van der Waals surface area contributed by atoms with Gasteiger partial charge in [-0.15, -0.1) is 11.3 Å². The number of thiophene rings is 1. The van der Waals surface area contributed by atoms with Crippen molar-refractivity contribution in [2.24, 2.45) is 0 Å². The van der Waals surface area contributed by atoms with Gasteiger partial charge in [0, 0.05) is 28.3 Å². The lowest BCUT2D eigenvalue weighted by molar-refractivity contribution is 0.203. The SMILES string of the molecule is C[C@H](O)c1ccc(C2(CNC(=O)NCc3cccc4ccccc34)CCCC2)s1. The van der Waals surface area contributed by atoms with Crippen LogP contribution in [-0.2, 0) is 12.0 Å². The lowest BCUT2D eigenvalue weighted by Gasteiger charge is -2.28. The second-order valence-corrected chi connectivity index (χ2v) is 9.16. The summed E-state index contributed by atoms with van der Waals surface area (Å²) in [6.07, 6.45) is 4.08. The number of fused-ring (bicyclic) bond motifs is 1. The molecule has 0 spiro atoms. The van der Waals surface area contributed by atoms with Crippen LogP contribution in [0, 0.1) is 0 Å². The van der Waals surface area contributed by atoms with E-state index in [4.69, 9.17) is 0 Å². The maximum Gasteiger partial charge on any atom is 0.315 e. The van der Waals surface area contributed by atoms with Crippen LogP contribution in [0.15, 0.2) is 54.6 Å². The fourth-order valence-corrected chi connectivity index (χ4v) is 5.55. The fraction of sp³-hybridized carbons (Fsp3) is 0.375. The smallest absolute Gasteiger partial charge is 0.315 e. The third-order valence-electron chi connectivity index (χ3n) is 6.03. The number of carbonyl (C=O) groups excluding carboxylic acids is 1. The number of carbonyl (C=O) groups is 1. The van der Waals surface area contributed by atoms with Crippen molar-refractivity contribution in [3.05, 3.63) is 69.9 Å². The Labute approximate surface area is 176 Å². The van der Waals surface area contributed by atoms with E-state index in [-0.39, 0.29) is 11.4 Å². The van der Waals surface area contributed by atoms with Crippen LogP contribution < -0.4 is 10.6 Å². The van der Waals surface area contributed by atoms with Gasteiger partial charge in [-0.2, -0.15) is 0 Å². The molecule has 4 rings (SSSR count). The molecule has 1 atom stereocenters. The highest BCUT2D eigenvalue weighted by molar-refractivity contribution is 7.12. The van der Waals surface area contributed by atoms with Crippen LogP contribution in [0.3, 0.4) is 0 Å². The quantitative estimate of drug-likeness (QED) is 0.521. The van der Waals surface area contributed by atoms with Crippen molar-refractivity contribution >= 4 is 28.1 Å². The van der Waals surface area contributed by atoms with Gasteiger partial charge >= 0.3 is 6.03 Å².